The molecule has 0 saturated heterocycles. The molecule has 0 spiro atoms. The van der Waals surface area contributed by atoms with Crippen LogP contribution in [0.5, 0.6) is 0 Å². The first kappa shape index (κ1) is 27.9. The summed E-state index contributed by atoms with van der Waals surface area (Å²) in [6.07, 6.45) is 0. The van der Waals surface area contributed by atoms with Crippen LogP contribution < -0.4 is 21.2 Å². The fraction of sp³-hybridized carbons (Fsp3) is 0. The van der Waals surface area contributed by atoms with Crippen molar-refractivity contribution in [2.24, 2.45) is 0 Å². The molecule has 0 atom stereocenters. The normalized spacial score (nSPS) is 12.6. The molecule has 0 unspecified atom stereocenters. The van der Waals surface area contributed by atoms with Crippen LogP contribution in [-0.4, -0.2) is 30.6 Å². The summed E-state index contributed by atoms with van der Waals surface area (Å²) < 4.78 is 35.9. The van der Waals surface area contributed by atoms with Gasteiger partial charge in [0.2, 0.25) is 0 Å². The number of carboxylic acids is 2. The molecule has 0 saturated carbocycles. The van der Waals surface area contributed by atoms with Crippen molar-refractivity contribution >= 4 is 50.1 Å². The van der Waals surface area contributed by atoms with Crippen LogP contribution >= 0.6 is 6.83 Å². The van der Waals surface area contributed by atoms with E-state index in [0.29, 0.717) is 21.2 Å². The van der Waals surface area contributed by atoms with Gasteiger partial charge in [0.05, 0.1) is 0 Å². The second kappa shape index (κ2) is 10.7. The molecule has 0 amide bonds. The standard InChI is InChI=1S/C32H25O7PS/c33-31(34)24-21-22-29(32(35)36)30(23-24)41(37,38)39-40(25-13-5-1-6-14-25,26-15-7-2-8-16-26,27-17-9-3-10-18-27)28-19-11-4-12-20-28/h1-23H,(H,33,34)(H,35,36). The van der Waals surface area contributed by atoms with E-state index in [-0.39, 0.29) is 0 Å². The van der Waals surface area contributed by atoms with Gasteiger partial charge in [-0.15, -0.1) is 0 Å². The van der Waals surface area contributed by atoms with Crippen molar-refractivity contribution in [3.8, 4) is 0 Å². The van der Waals surface area contributed by atoms with Crippen LogP contribution in [0.1, 0.15) is 20.7 Å². The van der Waals surface area contributed by atoms with Crippen LogP contribution in [0.3, 0.4) is 0 Å². The summed E-state index contributed by atoms with van der Waals surface area (Å²) in [6, 6.07) is 38.8. The molecule has 5 aromatic carbocycles. The van der Waals surface area contributed by atoms with Crippen LogP contribution in [0.25, 0.3) is 0 Å². The van der Waals surface area contributed by atoms with Gasteiger partial charge in [0, 0.05) is 0 Å². The maximum atomic E-state index is 14.6. The fourth-order valence-corrected chi connectivity index (χ4v) is 13.9. The second-order valence-corrected chi connectivity index (χ2v) is 15.3. The molecular weight excluding hydrogens is 559 g/mol. The second-order valence-electron chi connectivity index (χ2n) is 9.23. The van der Waals surface area contributed by atoms with E-state index in [9.17, 15) is 28.2 Å². The van der Waals surface area contributed by atoms with Gasteiger partial charge in [0.25, 0.3) is 0 Å². The first-order valence-corrected chi connectivity index (χ1v) is 16.1. The quantitative estimate of drug-likeness (QED) is 0.244. The number of rotatable bonds is 9. The van der Waals surface area contributed by atoms with Crippen LogP contribution in [0, 0.1) is 0 Å². The van der Waals surface area contributed by atoms with Crippen LogP contribution in [0.15, 0.2) is 144 Å². The van der Waals surface area contributed by atoms with Gasteiger partial charge in [-0.1, -0.05) is 0 Å². The minimum atomic E-state index is -4.99. The molecule has 5 rings (SSSR count). The first-order chi connectivity index (χ1) is 19.7. The molecule has 0 aliphatic carbocycles. The van der Waals surface area contributed by atoms with E-state index in [0.717, 1.165) is 18.2 Å². The molecule has 0 heterocycles. The summed E-state index contributed by atoms with van der Waals surface area (Å²) in [5, 5.41) is 21.8. The average molecular weight is 585 g/mol. The zero-order valence-corrected chi connectivity index (χ0v) is 23.3. The Morgan fingerprint density at radius 2 is 0.902 bits per heavy atom. The van der Waals surface area contributed by atoms with E-state index in [1.165, 1.54) is 0 Å². The average Bonchev–Trinajstić information content (AvgIpc) is 3.01. The molecule has 0 aliphatic heterocycles. The summed E-state index contributed by atoms with van der Waals surface area (Å²) in [5.41, 5.74) is -0.995. The van der Waals surface area contributed by atoms with Gasteiger partial charge in [0.15, 0.2) is 0 Å². The fourth-order valence-electron chi connectivity index (χ4n) is 5.19. The summed E-state index contributed by atoms with van der Waals surface area (Å²) in [7, 11) is -4.99. The molecule has 0 bridgehead atoms. The van der Waals surface area contributed by atoms with E-state index >= 15 is 0 Å². The summed E-state index contributed by atoms with van der Waals surface area (Å²) in [4.78, 5) is 23.3. The van der Waals surface area contributed by atoms with Crippen molar-refractivity contribution in [3.63, 3.8) is 0 Å². The van der Waals surface area contributed by atoms with Crippen LogP contribution in [0.2, 0.25) is 0 Å². The SMILES string of the molecule is O=C(O)c1ccc(C(=O)O)c(S(=O)(=O)OP(c2ccccc2)(c2ccccc2)(c2ccccc2)c2ccccc2)c1. The van der Waals surface area contributed by atoms with Crippen LogP contribution in [-0.2, 0) is 14.1 Å². The van der Waals surface area contributed by atoms with Crippen molar-refractivity contribution in [2.45, 2.75) is 4.90 Å². The van der Waals surface area contributed by atoms with Gasteiger partial charge in [-0.3, -0.25) is 0 Å². The predicted octanol–water partition coefficient (Wildman–Crippen LogP) is 4.56. The number of hydrogen-bond donors (Lipinski definition) is 2. The number of benzene rings is 5. The number of carbonyl (C=O) groups is 2. The molecule has 2 N–H and O–H groups in total. The minimum absolute atomic E-state index is 0.392. The Morgan fingerprint density at radius 1 is 0.537 bits per heavy atom. The Morgan fingerprint density at radius 3 is 1.22 bits per heavy atom. The Balaban J connectivity index is 2.01. The maximum absolute atomic E-state index is 14.6. The van der Waals surface area contributed by atoms with Crippen molar-refractivity contribution in [1.29, 1.82) is 0 Å². The Kier molecular flexibility index (Phi) is 7.32. The van der Waals surface area contributed by atoms with Gasteiger partial charge < -0.3 is 0 Å². The summed E-state index contributed by atoms with van der Waals surface area (Å²) >= 11 is 0. The summed E-state index contributed by atoms with van der Waals surface area (Å²) in [6.45, 7) is -4.74. The van der Waals surface area contributed by atoms with Gasteiger partial charge in [-0.05, 0) is 0 Å². The van der Waals surface area contributed by atoms with Crippen molar-refractivity contribution < 1.29 is 32.2 Å². The summed E-state index contributed by atoms with van der Waals surface area (Å²) in [5.74, 6) is -2.95. The molecule has 9 heteroatoms. The predicted molar refractivity (Wildman–Crippen MR) is 160 cm³/mol. The van der Waals surface area contributed by atoms with E-state index in [4.69, 9.17) is 3.97 Å². The van der Waals surface area contributed by atoms with E-state index in [1.54, 1.807) is 97.1 Å². The van der Waals surface area contributed by atoms with Crippen molar-refractivity contribution in [3.05, 3.63) is 151 Å². The molecular formula is C32H25O7PS. The molecule has 41 heavy (non-hydrogen) atoms. The Labute approximate surface area is 237 Å². The first-order valence-electron chi connectivity index (χ1n) is 12.5. The van der Waals surface area contributed by atoms with Gasteiger partial charge in [-0.25, -0.2) is 0 Å². The molecule has 0 fully saturated rings. The number of carboxylic acid groups (broad SMARTS) is 2. The van der Waals surface area contributed by atoms with E-state index in [1.807, 2.05) is 24.3 Å². The molecule has 0 aromatic heterocycles. The Hall–Kier alpha value is -4.62. The molecule has 0 aliphatic rings. The van der Waals surface area contributed by atoms with Crippen molar-refractivity contribution in [2.75, 3.05) is 0 Å². The number of aromatic carboxylic acids is 2. The van der Waals surface area contributed by atoms with Crippen LogP contribution in [0.4, 0.5) is 0 Å². The zero-order valence-electron chi connectivity index (χ0n) is 21.6. The zero-order chi connectivity index (χ0) is 29.1. The van der Waals surface area contributed by atoms with Gasteiger partial charge >= 0.3 is 238 Å². The van der Waals surface area contributed by atoms with E-state index < -0.39 is 44.9 Å². The third kappa shape index (κ3) is 4.52. The van der Waals surface area contributed by atoms with Crippen molar-refractivity contribution in [1.82, 2.24) is 0 Å². The topological polar surface area (TPSA) is 118 Å². The Bertz CT molecular complexity index is 1660. The molecule has 5 aromatic rings. The monoisotopic (exact) mass is 584 g/mol. The van der Waals surface area contributed by atoms with Gasteiger partial charge in [-0.2, -0.15) is 0 Å². The third-order valence-electron chi connectivity index (χ3n) is 6.97. The van der Waals surface area contributed by atoms with Gasteiger partial charge in [0.1, 0.15) is 0 Å². The number of hydrogen-bond acceptors (Lipinski definition) is 5. The third-order valence-corrected chi connectivity index (χ3v) is 15.0. The molecule has 7 nitrogen and oxygen atoms in total. The van der Waals surface area contributed by atoms with E-state index in [2.05, 4.69) is 0 Å². The molecule has 0 radical (unpaired) electrons. The molecule has 206 valence electrons.